The number of aliphatic hydroxyl groups excluding tert-OH is 1. The molecule has 2 aliphatic rings. The maximum atomic E-state index is 14.3. The summed E-state index contributed by atoms with van der Waals surface area (Å²) in [5, 5.41) is 19.0. The molecule has 1 unspecified atom stereocenters. The zero-order valence-corrected chi connectivity index (χ0v) is 27.1. The van der Waals surface area contributed by atoms with E-state index >= 15 is 0 Å². The lowest BCUT2D eigenvalue weighted by atomic mass is 9.76. The van der Waals surface area contributed by atoms with Crippen molar-refractivity contribution in [3.05, 3.63) is 35.9 Å². The van der Waals surface area contributed by atoms with Crippen molar-refractivity contribution in [3.8, 4) is 11.6 Å². The molecule has 1 N–H and O–H groups in total. The van der Waals surface area contributed by atoms with Crippen molar-refractivity contribution in [2.45, 2.75) is 85.5 Å². The minimum atomic E-state index is -0.511. The molecular formula is C32H50FN7O3. The number of amides is 1. The molecular weight excluding hydrogens is 549 g/mol. The van der Waals surface area contributed by atoms with E-state index in [0.717, 1.165) is 39.0 Å². The standard InChI is InChI=1S/C32H50FN7O3/c1-9-40(23(6)7)31(42)26-14-24(33)10-11-28(26)43-30-29(34-20-35-36-30)38-13-12-32(17-38)18-39(19-32)27(21(2)3)15-25(41)16-37(8)22(4)5/h10-11,14,20-23,25,27,41H,9,12-13,15-19H2,1-8H3/t25-,27?/m0/s1. The SMILES string of the molecule is CCN(C(=O)c1cc(F)ccc1Oc1nncnc1N1CCC2(C1)CN(C(C[C@H](O)CN(C)C(C)C)C(C)C)C2)C(C)C. The summed E-state index contributed by atoms with van der Waals surface area (Å²) in [6, 6.07) is 4.61. The first-order valence-corrected chi connectivity index (χ1v) is 15.7. The number of carbonyl (C=O) groups excluding carboxylic acids is 1. The summed E-state index contributed by atoms with van der Waals surface area (Å²) in [6.45, 7) is 19.2. The number of aromatic nitrogens is 3. The Balaban J connectivity index is 1.45. The van der Waals surface area contributed by atoms with Crippen molar-refractivity contribution >= 4 is 11.7 Å². The number of ether oxygens (including phenoxy) is 1. The van der Waals surface area contributed by atoms with Crippen molar-refractivity contribution in [1.29, 1.82) is 0 Å². The van der Waals surface area contributed by atoms with Crippen LogP contribution in [0.1, 0.15) is 71.7 Å². The van der Waals surface area contributed by atoms with E-state index in [2.05, 4.69) is 64.6 Å². The van der Waals surface area contributed by atoms with Gasteiger partial charge in [0.15, 0.2) is 5.82 Å². The van der Waals surface area contributed by atoms with Crippen LogP contribution < -0.4 is 9.64 Å². The highest BCUT2D eigenvalue weighted by molar-refractivity contribution is 5.97. The number of rotatable bonds is 13. The third kappa shape index (κ3) is 7.61. The molecule has 43 heavy (non-hydrogen) atoms. The fraction of sp³-hybridized carbons (Fsp3) is 0.688. The highest BCUT2D eigenvalue weighted by atomic mass is 19.1. The molecule has 11 heteroatoms. The van der Waals surface area contributed by atoms with Crippen LogP contribution in [0.25, 0.3) is 0 Å². The Morgan fingerprint density at radius 2 is 1.86 bits per heavy atom. The molecule has 2 aliphatic heterocycles. The molecule has 3 heterocycles. The highest BCUT2D eigenvalue weighted by Gasteiger charge is 2.50. The fourth-order valence-electron chi connectivity index (χ4n) is 6.47. The lowest BCUT2D eigenvalue weighted by Gasteiger charge is -2.53. The minimum absolute atomic E-state index is 0.0508. The van der Waals surface area contributed by atoms with E-state index < -0.39 is 5.82 Å². The van der Waals surface area contributed by atoms with Gasteiger partial charge < -0.3 is 24.5 Å². The third-order valence-corrected chi connectivity index (χ3v) is 9.12. The van der Waals surface area contributed by atoms with Crippen LogP contribution in [0.3, 0.4) is 0 Å². The van der Waals surface area contributed by atoms with Crippen LogP contribution >= 0.6 is 0 Å². The van der Waals surface area contributed by atoms with Gasteiger partial charge in [0.2, 0.25) is 0 Å². The molecule has 2 fully saturated rings. The normalized spacial score (nSPS) is 18.1. The van der Waals surface area contributed by atoms with Gasteiger partial charge in [-0.1, -0.05) is 13.8 Å². The maximum Gasteiger partial charge on any atom is 0.282 e. The molecule has 2 saturated heterocycles. The van der Waals surface area contributed by atoms with Crippen LogP contribution in [0.2, 0.25) is 0 Å². The number of benzene rings is 1. The molecule has 1 aromatic carbocycles. The number of aliphatic hydroxyl groups is 1. The van der Waals surface area contributed by atoms with Gasteiger partial charge in [-0.15, -0.1) is 10.2 Å². The molecule has 0 bridgehead atoms. The zero-order chi connectivity index (χ0) is 31.5. The second kappa shape index (κ2) is 13.8. The molecule has 1 aromatic heterocycles. The highest BCUT2D eigenvalue weighted by Crippen LogP contribution is 2.44. The summed E-state index contributed by atoms with van der Waals surface area (Å²) in [6.07, 6.45) is 2.80. The summed E-state index contributed by atoms with van der Waals surface area (Å²) < 4.78 is 20.4. The molecule has 238 valence electrons. The van der Waals surface area contributed by atoms with E-state index in [-0.39, 0.29) is 40.7 Å². The number of hydrogen-bond donors (Lipinski definition) is 1. The number of halogens is 1. The molecule has 4 rings (SSSR count). The van der Waals surface area contributed by atoms with Gasteiger partial charge in [-0.25, -0.2) is 9.37 Å². The van der Waals surface area contributed by atoms with Crippen LogP contribution in [0, 0.1) is 17.2 Å². The fourth-order valence-corrected chi connectivity index (χ4v) is 6.47. The lowest BCUT2D eigenvalue weighted by Crippen LogP contribution is -2.62. The predicted molar refractivity (Wildman–Crippen MR) is 166 cm³/mol. The van der Waals surface area contributed by atoms with Gasteiger partial charge in [-0.2, -0.15) is 0 Å². The van der Waals surface area contributed by atoms with Crippen molar-refractivity contribution < 1.29 is 19.0 Å². The monoisotopic (exact) mass is 599 g/mol. The van der Waals surface area contributed by atoms with Gasteiger partial charge in [-0.3, -0.25) is 9.69 Å². The smallest absolute Gasteiger partial charge is 0.282 e. The Kier molecular flexibility index (Phi) is 10.6. The Bertz CT molecular complexity index is 1240. The summed E-state index contributed by atoms with van der Waals surface area (Å²) in [7, 11) is 2.06. The van der Waals surface area contributed by atoms with Crippen LogP contribution in [0.5, 0.6) is 11.6 Å². The minimum Gasteiger partial charge on any atom is -0.434 e. The quantitative estimate of drug-likeness (QED) is 0.361. The van der Waals surface area contributed by atoms with E-state index in [9.17, 15) is 14.3 Å². The average molecular weight is 600 g/mol. The van der Waals surface area contributed by atoms with Gasteiger partial charge in [0.1, 0.15) is 17.9 Å². The summed E-state index contributed by atoms with van der Waals surface area (Å²) in [5.41, 5.74) is 0.270. The van der Waals surface area contributed by atoms with Crippen molar-refractivity contribution in [3.63, 3.8) is 0 Å². The number of anilines is 1. The summed E-state index contributed by atoms with van der Waals surface area (Å²) in [4.78, 5) is 26.4. The van der Waals surface area contributed by atoms with E-state index in [4.69, 9.17) is 4.74 Å². The molecule has 10 nitrogen and oxygen atoms in total. The predicted octanol–water partition coefficient (Wildman–Crippen LogP) is 4.30. The Hall–Kier alpha value is -2.89. The van der Waals surface area contributed by atoms with Crippen LogP contribution in [0.4, 0.5) is 10.2 Å². The van der Waals surface area contributed by atoms with Crippen molar-refractivity contribution in [1.82, 2.24) is 29.9 Å². The molecule has 1 amide bonds. The first-order chi connectivity index (χ1) is 20.3. The van der Waals surface area contributed by atoms with E-state index in [0.29, 0.717) is 36.9 Å². The van der Waals surface area contributed by atoms with E-state index in [1.54, 1.807) is 4.90 Å². The van der Waals surface area contributed by atoms with Gasteiger partial charge in [0, 0.05) is 62.8 Å². The van der Waals surface area contributed by atoms with Crippen LogP contribution in [-0.4, -0.2) is 111 Å². The van der Waals surface area contributed by atoms with Crippen molar-refractivity contribution in [2.24, 2.45) is 11.3 Å². The first-order valence-electron chi connectivity index (χ1n) is 15.7. The van der Waals surface area contributed by atoms with Crippen LogP contribution in [-0.2, 0) is 0 Å². The Morgan fingerprint density at radius 3 is 2.49 bits per heavy atom. The summed E-state index contributed by atoms with van der Waals surface area (Å²) >= 11 is 0. The Morgan fingerprint density at radius 1 is 1.14 bits per heavy atom. The van der Waals surface area contributed by atoms with Gasteiger partial charge in [0.25, 0.3) is 11.8 Å². The number of hydrogen-bond acceptors (Lipinski definition) is 9. The maximum absolute atomic E-state index is 14.3. The van der Waals surface area contributed by atoms with Gasteiger partial charge in [-0.05, 0) is 78.6 Å². The van der Waals surface area contributed by atoms with Gasteiger partial charge in [0.05, 0.1) is 11.7 Å². The second-order valence-corrected chi connectivity index (χ2v) is 13.3. The Labute approximate surface area is 256 Å². The lowest BCUT2D eigenvalue weighted by molar-refractivity contribution is -0.0487. The largest absolute Gasteiger partial charge is 0.434 e. The second-order valence-electron chi connectivity index (χ2n) is 13.3. The molecule has 1 spiro atoms. The molecule has 0 radical (unpaired) electrons. The number of likely N-dealkylation sites (tertiary alicyclic amines) is 1. The number of carbonyl (C=O) groups is 1. The topological polar surface area (TPSA) is 98.2 Å². The van der Waals surface area contributed by atoms with Crippen molar-refractivity contribution in [2.75, 3.05) is 51.2 Å². The third-order valence-electron chi connectivity index (χ3n) is 9.12. The van der Waals surface area contributed by atoms with Gasteiger partial charge >= 0.3 is 0 Å². The van der Waals surface area contributed by atoms with Crippen LogP contribution in [0.15, 0.2) is 24.5 Å². The average Bonchev–Trinajstić information content (AvgIpc) is 3.38. The molecule has 2 atom stereocenters. The first kappa shape index (κ1) is 33.0. The molecule has 0 saturated carbocycles. The van der Waals surface area contributed by atoms with E-state index in [1.807, 2.05) is 20.8 Å². The van der Waals surface area contributed by atoms with E-state index in [1.165, 1.54) is 24.5 Å². The number of likely N-dealkylation sites (N-methyl/N-ethyl adjacent to an activating group) is 1. The summed E-state index contributed by atoms with van der Waals surface area (Å²) in [5.74, 6) is 0.605. The zero-order valence-electron chi connectivity index (χ0n) is 27.1. The number of nitrogens with zero attached hydrogens (tertiary/aromatic N) is 7. The molecule has 0 aliphatic carbocycles. The molecule has 2 aromatic rings.